The minimum Gasteiger partial charge on any atom is -0.493 e. The number of carbonyl (C=O) groups is 1. The Kier molecular flexibility index (Phi) is 7.57. The number of carbonyl (C=O) groups excluding carboxylic acids is 1. The number of aromatic nitrogens is 1. The van der Waals surface area contributed by atoms with Crippen LogP contribution in [0.25, 0.3) is 10.6 Å². The molecule has 1 amide bonds. The first kappa shape index (κ1) is 21.5. The van der Waals surface area contributed by atoms with Crippen molar-refractivity contribution in [1.29, 1.82) is 0 Å². The van der Waals surface area contributed by atoms with Crippen LogP contribution in [0.5, 0.6) is 11.5 Å². The van der Waals surface area contributed by atoms with E-state index in [1.165, 1.54) is 11.3 Å². The normalized spacial score (nSPS) is 10.9. The minimum absolute atomic E-state index is 0.282. The maximum absolute atomic E-state index is 12.5. The minimum atomic E-state index is -0.282. The maximum Gasteiger partial charge on any atom is 0.283 e. The Bertz CT molecular complexity index is 1020. The molecule has 3 rings (SSSR count). The van der Waals surface area contributed by atoms with E-state index in [9.17, 15) is 4.79 Å². The number of unbranched alkanes of at least 4 members (excludes halogenated alkanes) is 1. The molecule has 1 N–H and O–H groups in total. The number of ether oxygens (including phenoxy) is 2. The largest absolute Gasteiger partial charge is 0.493 e. The summed E-state index contributed by atoms with van der Waals surface area (Å²) in [4.78, 5) is 17.6. The van der Waals surface area contributed by atoms with E-state index >= 15 is 0 Å². The Morgan fingerprint density at radius 2 is 2.00 bits per heavy atom. The number of rotatable bonds is 9. The van der Waals surface area contributed by atoms with E-state index < -0.39 is 0 Å². The molecule has 0 spiro atoms. The third-order valence-electron chi connectivity index (χ3n) is 4.35. The standard InChI is InChI=1S/C23H25N3O3S/c1-4-5-13-29-19-12-11-17(14-20(19)28-3)15-24-26-22(27)21-16(2)25-23(30-21)18-9-7-6-8-10-18/h6-12,14-15H,4-5,13H2,1-3H3,(H,26,27)/b24-15+. The zero-order chi connectivity index (χ0) is 21.3. The Balaban J connectivity index is 1.65. The highest BCUT2D eigenvalue weighted by Crippen LogP contribution is 2.28. The van der Waals surface area contributed by atoms with Crippen molar-refractivity contribution in [3.8, 4) is 22.1 Å². The predicted molar refractivity (Wildman–Crippen MR) is 121 cm³/mol. The molecule has 0 saturated heterocycles. The smallest absolute Gasteiger partial charge is 0.283 e. The SMILES string of the molecule is CCCCOc1ccc(/C=N/NC(=O)c2sc(-c3ccccc3)nc2C)cc1OC. The van der Waals surface area contributed by atoms with E-state index in [1.807, 2.05) is 55.5 Å². The van der Waals surface area contributed by atoms with E-state index in [1.54, 1.807) is 13.3 Å². The Morgan fingerprint density at radius 3 is 2.73 bits per heavy atom. The van der Waals surface area contributed by atoms with Crippen LogP contribution < -0.4 is 14.9 Å². The molecule has 0 unspecified atom stereocenters. The molecule has 156 valence electrons. The molecule has 6 nitrogen and oxygen atoms in total. The zero-order valence-corrected chi connectivity index (χ0v) is 18.2. The third-order valence-corrected chi connectivity index (χ3v) is 5.55. The highest BCUT2D eigenvalue weighted by molar-refractivity contribution is 7.17. The number of nitrogens with zero attached hydrogens (tertiary/aromatic N) is 2. The van der Waals surface area contributed by atoms with Crippen molar-refractivity contribution in [2.75, 3.05) is 13.7 Å². The second-order valence-electron chi connectivity index (χ2n) is 6.61. The van der Waals surface area contributed by atoms with E-state index in [4.69, 9.17) is 9.47 Å². The Labute approximate surface area is 180 Å². The summed E-state index contributed by atoms with van der Waals surface area (Å²) >= 11 is 1.35. The lowest BCUT2D eigenvalue weighted by Crippen LogP contribution is -2.17. The van der Waals surface area contributed by atoms with Gasteiger partial charge in [-0.25, -0.2) is 10.4 Å². The van der Waals surface area contributed by atoms with Gasteiger partial charge in [-0.15, -0.1) is 11.3 Å². The van der Waals surface area contributed by atoms with E-state index in [2.05, 4.69) is 22.4 Å². The monoisotopic (exact) mass is 423 g/mol. The van der Waals surface area contributed by atoms with Gasteiger partial charge in [-0.05, 0) is 37.1 Å². The van der Waals surface area contributed by atoms with E-state index in [0.29, 0.717) is 28.7 Å². The number of amides is 1. The molecule has 0 aliphatic rings. The molecule has 0 radical (unpaired) electrons. The van der Waals surface area contributed by atoms with Crippen molar-refractivity contribution >= 4 is 23.5 Å². The Hall–Kier alpha value is -3.19. The molecule has 0 aliphatic heterocycles. The fourth-order valence-corrected chi connectivity index (χ4v) is 3.70. The van der Waals surface area contributed by atoms with Crippen molar-refractivity contribution in [1.82, 2.24) is 10.4 Å². The summed E-state index contributed by atoms with van der Waals surface area (Å²) < 4.78 is 11.1. The average Bonchev–Trinajstić information content (AvgIpc) is 3.17. The summed E-state index contributed by atoms with van der Waals surface area (Å²) in [5.74, 6) is 1.04. The van der Waals surface area contributed by atoms with Gasteiger partial charge in [0.15, 0.2) is 11.5 Å². The molecule has 30 heavy (non-hydrogen) atoms. The summed E-state index contributed by atoms with van der Waals surface area (Å²) in [6, 6.07) is 15.3. The van der Waals surface area contributed by atoms with Crippen LogP contribution >= 0.6 is 11.3 Å². The number of aryl methyl sites for hydroxylation is 1. The number of hydrogen-bond donors (Lipinski definition) is 1. The van der Waals surface area contributed by atoms with Crippen molar-refractivity contribution in [2.45, 2.75) is 26.7 Å². The van der Waals surface area contributed by atoms with Crippen LogP contribution in [0.2, 0.25) is 0 Å². The van der Waals surface area contributed by atoms with Crippen molar-refractivity contribution in [2.24, 2.45) is 5.10 Å². The molecule has 0 fully saturated rings. The van der Waals surface area contributed by atoms with Crippen LogP contribution in [-0.4, -0.2) is 30.8 Å². The molecule has 0 aliphatic carbocycles. The summed E-state index contributed by atoms with van der Waals surface area (Å²) in [5.41, 5.74) is 5.04. The molecule has 0 saturated carbocycles. The second-order valence-corrected chi connectivity index (χ2v) is 7.61. The lowest BCUT2D eigenvalue weighted by Gasteiger charge is -2.10. The lowest BCUT2D eigenvalue weighted by molar-refractivity contribution is 0.0958. The highest BCUT2D eigenvalue weighted by atomic mass is 32.1. The lowest BCUT2D eigenvalue weighted by atomic mass is 10.2. The molecule has 7 heteroatoms. The third kappa shape index (κ3) is 5.45. The first-order valence-corrected chi connectivity index (χ1v) is 10.6. The van der Waals surface area contributed by atoms with Gasteiger partial charge in [-0.2, -0.15) is 5.10 Å². The van der Waals surface area contributed by atoms with Crippen LogP contribution in [-0.2, 0) is 0 Å². The van der Waals surface area contributed by atoms with E-state index in [0.717, 1.165) is 29.0 Å². The number of hydrogen-bond acceptors (Lipinski definition) is 6. The van der Waals surface area contributed by atoms with Crippen LogP contribution in [0.1, 0.15) is 40.7 Å². The van der Waals surface area contributed by atoms with Crippen molar-refractivity contribution in [3.05, 3.63) is 64.7 Å². The summed E-state index contributed by atoms with van der Waals surface area (Å²) in [7, 11) is 1.60. The van der Waals surface area contributed by atoms with Gasteiger partial charge in [0.2, 0.25) is 0 Å². The topological polar surface area (TPSA) is 72.8 Å². The molecular formula is C23H25N3O3S. The van der Waals surface area contributed by atoms with Gasteiger partial charge in [-0.1, -0.05) is 43.7 Å². The fraction of sp³-hybridized carbons (Fsp3) is 0.261. The number of thiazole rings is 1. The molecule has 1 heterocycles. The van der Waals surface area contributed by atoms with Crippen LogP contribution in [0.3, 0.4) is 0 Å². The zero-order valence-electron chi connectivity index (χ0n) is 17.3. The quantitative estimate of drug-likeness (QED) is 0.296. The van der Waals surface area contributed by atoms with E-state index in [-0.39, 0.29) is 5.91 Å². The van der Waals surface area contributed by atoms with Gasteiger partial charge in [0.25, 0.3) is 5.91 Å². The van der Waals surface area contributed by atoms with Crippen LogP contribution in [0, 0.1) is 6.92 Å². The highest BCUT2D eigenvalue weighted by Gasteiger charge is 2.15. The molecule has 0 bridgehead atoms. The molecule has 1 aromatic heterocycles. The number of benzene rings is 2. The van der Waals surface area contributed by atoms with Gasteiger partial charge in [0.1, 0.15) is 9.88 Å². The van der Waals surface area contributed by atoms with Gasteiger partial charge >= 0.3 is 0 Å². The molecule has 0 atom stereocenters. The first-order valence-electron chi connectivity index (χ1n) is 9.79. The predicted octanol–water partition coefficient (Wildman–Crippen LogP) is 5.07. The number of hydrazone groups is 1. The first-order chi connectivity index (χ1) is 14.6. The summed E-state index contributed by atoms with van der Waals surface area (Å²) in [6.45, 7) is 4.59. The average molecular weight is 424 g/mol. The van der Waals surface area contributed by atoms with Crippen molar-refractivity contribution < 1.29 is 14.3 Å². The summed E-state index contributed by atoms with van der Waals surface area (Å²) in [6.07, 6.45) is 3.63. The van der Waals surface area contributed by atoms with Crippen LogP contribution in [0.15, 0.2) is 53.6 Å². The van der Waals surface area contributed by atoms with Crippen LogP contribution in [0.4, 0.5) is 0 Å². The number of methoxy groups -OCH3 is 1. The fourth-order valence-electron chi connectivity index (χ4n) is 2.74. The van der Waals surface area contributed by atoms with Gasteiger partial charge < -0.3 is 9.47 Å². The van der Waals surface area contributed by atoms with Crippen molar-refractivity contribution in [3.63, 3.8) is 0 Å². The summed E-state index contributed by atoms with van der Waals surface area (Å²) in [5, 5.41) is 4.89. The number of nitrogens with one attached hydrogen (secondary N) is 1. The second kappa shape index (κ2) is 10.5. The molecule has 3 aromatic rings. The Morgan fingerprint density at radius 1 is 1.20 bits per heavy atom. The molecular weight excluding hydrogens is 398 g/mol. The van der Waals surface area contributed by atoms with Gasteiger partial charge in [0, 0.05) is 5.56 Å². The maximum atomic E-state index is 12.5. The molecule has 2 aromatic carbocycles. The van der Waals surface area contributed by atoms with Gasteiger partial charge in [0.05, 0.1) is 25.6 Å². The van der Waals surface area contributed by atoms with Gasteiger partial charge in [-0.3, -0.25) is 4.79 Å².